The van der Waals surface area contributed by atoms with Crippen LogP contribution in [0.2, 0.25) is 0 Å². The molecule has 2 heteroatoms. The van der Waals surface area contributed by atoms with Crippen LogP contribution in [0.4, 0.5) is 0 Å². The molecule has 0 aromatic carbocycles. The number of hydrogen-bond acceptors (Lipinski definition) is 2. The molecule has 2 rings (SSSR count). The standard InChI is InChI=1S/C19H35NO/c1-5-6-15-7-8-18(21)16(13-15)14-20(4)17-9-11-19(2,3)12-10-17/h15-17H,5-14H2,1-4H3. The van der Waals surface area contributed by atoms with Gasteiger partial charge < -0.3 is 4.90 Å². The Balaban J connectivity index is 1.83. The van der Waals surface area contributed by atoms with Gasteiger partial charge >= 0.3 is 0 Å². The molecule has 0 aromatic heterocycles. The van der Waals surface area contributed by atoms with Crippen LogP contribution >= 0.6 is 0 Å². The van der Waals surface area contributed by atoms with Gasteiger partial charge in [0.15, 0.2) is 0 Å². The average Bonchev–Trinajstić information content (AvgIpc) is 2.42. The summed E-state index contributed by atoms with van der Waals surface area (Å²) in [4.78, 5) is 14.7. The first-order chi connectivity index (χ1) is 9.91. The summed E-state index contributed by atoms with van der Waals surface area (Å²) in [7, 11) is 2.25. The van der Waals surface area contributed by atoms with Gasteiger partial charge in [-0.05, 0) is 56.9 Å². The van der Waals surface area contributed by atoms with Gasteiger partial charge in [-0.1, -0.05) is 33.6 Å². The van der Waals surface area contributed by atoms with Gasteiger partial charge in [-0.2, -0.15) is 0 Å². The lowest BCUT2D eigenvalue weighted by Crippen LogP contribution is -2.42. The zero-order valence-electron chi connectivity index (χ0n) is 14.7. The Morgan fingerprint density at radius 1 is 1.19 bits per heavy atom. The minimum absolute atomic E-state index is 0.315. The molecule has 0 radical (unpaired) electrons. The van der Waals surface area contributed by atoms with Crippen molar-refractivity contribution in [3.05, 3.63) is 0 Å². The van der Waals surface area contributed by atoms with E-state index in [0.717, 1.165) is 31.7 Å². The van der Waals surface area contributed by atoms with Gasteiger partial charge in [0.25, 0.3) is 0 Å². The molecule has 0 amide bonds. The van der Waals surface area contributed by atoms with E-state index in [9.17, 15) is 4.79 Å². The molecule has 0 aromatic rings. The summed E-state index contributed by atoms with van der Waals surface area (Å²) < 4.78 is 0. The highest BCUT2D eigenvalue weighted by molar-refractivity contribution is 5.81. The van der Waals surface area contributed by atoms with Crippen LogP contribution in [0.15, 0.2) is 0 Å². The Hall–Kier alpha value is -0.370. The van der Waals surface area contributed by atoms with Gasteiger partial charge in [0, 0.05) is 24.9 Å². The molecule has 2 saturated carbocycles. The fourth-order valence-corrected chi connectivity index (χ4v) is 4.37. The fourth-order valence-electron chi connectivity index (χ4n) is 4.37. The second kappa shape index (κ2) is 7.26. The quantitative estimate of drug-likeness (QED) is 0.734. The molecule has 122 valence electrons. The van der Waals surface area contributed by atoms with Crippen molar-refractivity contribution in [2.24, 2.45) is 17.3 Å². The molecule has 2 fully saturated rings. The molecule has 21 heavy (non-hydrogen) atoms. The number of nitrogens with zero attached hydrogens (tertiary/aromatic N) is 1. The maximum atomic E-state index is 12.2. The number of ketones is 1. The first-order valence-electron chi connectivity index (χ1n) is 9.14. The highest BCUT2D eigenvalue weighted by Crippen LogP contribution is 2.37. The predicted octanol–water partition coefficient (Wildman–Crippen LogP) is 4.67. The highest BCUT2D eigenvalue weighted by atomic mass is 16.1. The van der Waals surface area contributed by atoms with Crippen LogP contribution in [-0.2, 0) is 4.79 Å². The maximum Gasteiger partial charge on any atom is 0.137 e. The van der Waals surface area contributed by atoms with E-state index in [-0.39, 0.29) is 0 Å². The van der Waals surface area contributed by atoms with E-state index in [1.807, 2.05) is 0 Å². The van der Waals surface area contributed by atoms with E-state index in [1.54, 1.807) is 0 Å². The fraction of sp³-hybridized carbons (Fsp3) is 0.947. The molecule has 2 aliphatic carbocycles. The lowest BCUT2D eigenvalue weighted by Gasteiger charge is -2.40. The van der Waals surface area contributed by atoms with Crippen LogP contribution in [0.25, 0.3) is 0 Å². The van der Waals surface area contributed by atoms with Gasteiger partial charge in [-0.15, -0.1) is 0 Å². The van der Waals surface area contributed by atoms with Gasteiger partial charge in [-0.25, -0.2) is 0 Å². The number of Topliss-reactive ketones (excluding diaryl/α,β-unsaturated/α-hetero) is 1. The van der Waals surface area contributed by atoms with E-state index in [4.69, 9.17) is 0 Å². The molecular formula is C19H35NO. The van der Waals surface area contributed by atoms with Crippen molar-refractivity contribution in [3.8, 4) is 0 Å². The van der Waals surface area contributed by atoms with Gasteiger partial charge in [-0.3, -0.25) is 4.79 Å². The van der Waals surface area contributed by atoms with Crippen LogP contribution in [0.5, 0.6) is 0 Å². The monoisotopic (exact) mass is 293 g/mol. The first kappa shape index (κ1) is 17.0. The maximum absolute atomic E-state index is 12.2. The minimum atomic E-state index is 0.315. The third-order valence-electron chi connectivity index (χ3n) is 6.01. The van der Waals surface area contributed by atoms with E-state index in [1.165, 1.54) is 38.5 Å². The normalized spacial score (nSPS) is 30.8. The molecule has 0 saturated heterocycles. The second-order valence-electron chi connectivity index (χ2n) is 8.43. The average molecular weight is 293 g/mol. The van der Waals surface area contributed by atoms with Crippen molar-refractivity contribution < 1.29 is 4.79 Å². The summed E-state index contributed by atoms with van der Waals surface area (Å²) >= 11 is 0. The van der Waals surface area contributed by atoms with Crippen molar-refractivity contribution in [2.75, 3.05) is 13.6 Å². The van der Waals surface area contributed by atoms with E-state index in [2.05, 4.69) is 32.7 Å². The second-order valence-corrected chi connectivity index (χ2v) is 8.43. The van der Waals surface area contributed by atoms with Gasteiger partial charge in [0.2, 0.25) is 0 Å². The van der Waals surface area contributed by atoms with Crippen molar-refractivity contribution in [1.29, 1.82) is 0 Å². The van der Waals surface area contributed by atoms with Crippen LogP contribution in [0, 0.1) is 17.3 Å². The van der Waals surface area contributed by atoms with E-state index >= 15 is 0 Å². The summed E-state index contributed by atoms with van der Waals surface area (Å²) in [5, 5.41) is 0. The molecule has 2 nitrogen and oxygen atoms in total. The predicted molar refractivity (Wildman–Crippen MR) is 89.4 cm³/mol. The Morgan fingerprint density at radius 2 is 1.86 bits per heavy atom. The Bertz CT molecular complexity index is 339. The molecule has 0 aliphatic heterocycles. The first-order valence-corrected chi connectivity index (χ1v) is 9.14. The topological polar surface area (TPSA) is 20.3 Å². The molecule has 0 spiro atoms. The molecule has 0 bridgehead atoms. The molecule has 2 aliphatic rings. The third kappa shape index (κ3) is 4.81. The zero-order chi connectivity index (χ0) is 15.5. The molecule has 2 unspecified atom stereocenters. The number of rotatable bonds is 5. The lowest BCUT2D eigenvalue weighted by atomic mass is 9.74. The van der Waals surface area contributed by atoms with Crippen molar-refractivity contribution in [3.63, 3.8) is 0 Å². The van der Waals surface area contributed by atoms with Crippen LogP contribution < -0.4 is 0 Å². The molecule has 2 atom stereocenters. The van der Waals surface area contributed by atoms with Crippen molar-refractivity contribution >= 4 is 5.78 Å². The summed E-state index contributed by atoms with van der Waals surface area (Å²) in [5.74, 6) is 1.65. The molecule has 0 heterocycles. The summed E-state index contributed by atoms with van der Waals surface area (Å²) in [6.45, 7) is 8.05. The smallest absolute Gasteiger partial charge is 0.137 e. The van der Waals surface area contributed by atoms with Crippen molar-refractivity contribution in [2.45, 2.75) is 84.6 Å². The number of carbonyl (C=O) groups excluding carboxylic acids is 1. The van der Waals surface area contributed by atoms with Crippen LogP contribution in [0.1, 0.15) is 78.6 Å². The molecular weight excluding hydrogens is 258 g/mol. The highest BCUT2D eigenvalue weighted by Gasteiger charge is 2.33. The number of hydrogen-bond donors (Lipinski definition) is 0. The Labute approximate surface area is 131 Å². The largest absolute Gasteiger partial charge is 0.303 e. The minimum Gasteiger partial charge on any atom is -0.303 e. The van der Waals surface area contributed by atoms with E-state index in [0.29, 0.717) is 23.2 Å². The Morgan fingerprint density at radius 3 is 2.48 bits per heavy atom. The zero-order valence-corrected chi connectivity index (χ0v) is 14.7. The summed E-state index contributed by atoms with van der Waals surface area (Å²) in [5.41, 5.74) is 0.532. The van der Waals surface area contributed by atoms with Gasteiger partial charge in [0.1, 0.15) is 5.78 Å². The number of carbonyl (C=O) groups is 1. The van der Waals surface area contributed by atoms with Crippen LogP contribution in [-0.4, -0.2) is 30.3 Å². The lowest BCUT2D eigenvalue weighted by molar-refractivity contribution is -0.126. The third-order valence-corrected chi connectivity index (χ3v) is 6.01. The summed E-state index contributed by atoms with van der Waals surface area (Å²) in [6, 6.07) is 0.706. The van der Waals surface area contributed by atoms with Gasteiger partial charge in [0.05, 0.1) is 0 Å². The SMILES string of the molecule is CCCC1CCC(=O)C(CN(C)C2CCC(C)(C)CC2)C1. The van der Waals surface area contributed by atoms with Crippen molar-refractivity contribution in [1.82, 2.24) is 4.90 Å². The summed E-state index contributed by atoms with van der Waals surface area (Å²) in [6.07, 6.45) is 11.0. The molecule has 0 N–H and O–H groups in total. The van der Waals surface area contributed by atoms with E-state index < -0.39 is 0 Å². The van der Waals surface area contributed by atoms with Crippen LogP contribution in [0.3, 0.4) is 0 Å². The Kier molecular flexibility index (Phi) is 5.88.